The van der Waals surface area contributed by atoms with Gasteiger partial charge in [0.2, 0.25) is 0 Å². The third-order valence-corrected chi connectivity index (χ3v) is 2.85. The average molecular weight is 263 g/mol. The minimum Gasteiger partial charge on any atom is -0.277 e. The van der Waals surface area contributed by atoms with Gasteiger partial charge in [0.25, 0.3) is 0 Å². The highest BCUT2D eigenvalue weighted by Crippen LogP contribution is 2.37. The van der Waals surface area contributed by atoms with Gasteiger partial charge in [0.05, 0.1) is 17.4 Å². The molecule has 2 heterocycles. The highest BCUT2D eigenvalue weighted by atomic mass is 19.4. The van der Waals surface area contributed by atoms with Crippen LogP contribution in [0.3, 0.4) is 0 Å². The number of pyridine rings is 1. The van der Waals surface area contributed by atoms with Crippen LogP contribution in [0.15, 0.2) is 42.7 Å². The molecular formula is C13H8F3N3. The van der Waals surface area contributed by atoms with Gasteiger partial charge in [-0.2, -0.15) is 18.3 Å². The van der Waals surface area contributed by atoms with E-state index in [-0.39, 0.29) is 5.69 Å². The molecule has 0 bridgehead atoms. The molecule has 6 heteroatoms. The molecule has 0 saturated carbocycles. The van der Waals surface area contributed by atoms with Crippen LogP contribution in [0.2, 0.25) is 0 Å². The quantitative estimate of drug-likeness (QED) is 0.728. The predicted molar refractivity (Wildman–Crippen MR) is 64.3 cm³/mol. The molecule has 0 spiro atoms. The lowest BCUT2D eigenvalue weighted by Gasteiger charge is -2.08. The summed E-state index contributed by atoms with van der Waals surface area (Å²) < 4.78 is 38.7. The number of halogens is 3. The number of fused-ring (bicyclic) bond motifs is 1. The van der Waals surface area contributed by atoms with Gasteiger partial charge in [-0.3, -0.25) is 10.1 Å². The summed E-state index contributed by atoms with van der Waals surface area (Å²) in [6, 6.07) is 8.63. The van der Waals surface area contributed by atoms with Gasteiger partial charge in [-0.05, 0) is 6.07 Å². The summed E-state index contributed by atoms with van der Waals surface area (Å²) in [7, 11) is 0. The molecule has 0 radical (unpaired) electrons. The molecule has 0 aliphatic carbocycles. The topological polar surface area (TPSA) is 41.6 Å². The largest absolute Gasteiger partial charge is 0.420 e. The number of benzene rings is 1. The Kier molecular flexibility index (Phi) is 2.51. The first kappa shape index (κ1) is 11.7. The molecule has 3 nitrogen and oxygen atoms in total. The number of nitrogens with one attached hydrogen (secondary N) is 1. The number of aromatic amines is 1. The Labute approximate surface area is 106 Å². The summed E-state index contributed by atoms with van der Waals surface area (Å²) in [6.07, 6.45) is -2.11. The Morgan fingerprint density at radius 2 is 1.84 bits per heavy atom. The molecule has 0 aliphatic heterocycles. The van der Waals surface area contributed by atoms with Crippen LogP contribution in [-0.4, -0.2) is 15.2 Å². The van der Waals surface area contributed by atoms with Gasteiger partial charge >= 0.3 is 6.18 Å². The van der Waals surface area contributed by atoms with Crippen molar-refractivity contribution in [1.29, 1.82) is 0 Å². The van der Waals surface area contributed by atoms with Gasteiger partial charge in [-0.1, -0.05) is 24.3 Å². The van der Waals surface area contributed by atoms with Crippen LogP contribution in [0.1, 0.15) is 5.56 Å². The summed E-state index contributed by atoms with van der Waals surface area (Å²) in [6.45, 7) is 0. The molecule has 1 N–H and O–H groups in total. The minimum atomic E-state index is -4.45. The Balaban J connectivity index is 2.29. The predicted octanol–water partition coefficient (Wildman–Crippen LogP) is 3.64. The highest BCUT2D eigenvalue weighted by molar-refractivity contribution is 5.93. The van der Waals surface area contributed by atoms with Crippen molar-refractivity contribution in [3.63, 3.8) is 0 Å². The molecule has 96 valence electrons. The first-order valence-electron chi connectivity index (χ1n) is 5.52. The van der Waals surface area contributed by atoms with Crippen molar-refractivity contribution in [2.45, 2.75) is 6.18 Å². The third-order valence-electron chi connectivity index (χ3n) is 2.85. The zero-order valence-electron chi connectivity index (χ0n) is 9.57. The van der Waals surface area contributed by atoms with Crippen molar-refractivity contribution in [3.8, 4) is 11.3 Å². The van der Waals surface area contributed by atoms with Crippen LogP contribution in [0.4, 0.5) is 13.2 Å². The number of hydrogen-bond donors (Lipinski definition) is 1. The Bertz CT molecular complexity index is 726. The van der Waals surface area contributed by atoms with Gasteiger partial charge in [-0.15, -0.1) is 0 Å². The van der Waals surface area contributed by atoms with Gasteiger partial charge in [0.15, 0.2) is 0 Å². The summed E-state index contributed by atoms with van der Waals surface area (Å²) >= 11 is 0. The van der Waals surface area contributed by atoms with E-state index in [9.17, 15) is 13.2 Å². The number of para-hydroxylation sites is 1. The van der Waals surface area contributed by atoms with E-state index in [4.69, 9.17) is 0 Å². The maximum absolute atomic E-state index is 12.9. The number of rotatable bonds is 1. The van der Waals surface area contributed by atoms with Crippen molar-refractivity contribution in [2.24, 2.45) is 0 Å². The van der Waals surface area contributed by atoms with E-state index < -0.39 is 11.7 Å². The second kappa shape index (κ2) is 4.08. The Morgan fingerprint density at radius 3 is 2.63 bits per heavy atom. The minimum absolute atomic E-state index is 0.0585. The molecule has 0 aliphatic rings. The molecule has 2 aromatic heterocycles. The summed E-state index contributed by atoms with van der Waals surface area (Å²) in [5, 5.41) is 6.69. The van der Waals surface area contributed by atoms with Crippen molar-refractivity contribution < 1.29 is 13.2 Å². The van der Waals surface area contributed by atoms with Gasteiger partial charge < -0.3 is 0 Å². The Morgan fingerprint density at radius 1 is 1.05 bits per heavy atom. The van der Waals surface area contributed by atoms with Crippen LogP contribution < -0.4 is 0 Å². The van der Waals surface area contributed by atoms with E-state index in [1.54, 1.807) is 36.5 Å². The maximum atomic E-state index is 12.9. The van der Waals surface area contributed by atoms with Gasteiger partial charge in [-0.25, -0.2) is 0 Å². The molecule has 0 saturated heterocycles. The lowest BCUT2D eigenvalue weighted by Crippen LogP contribution is -2.05. The van der Waals surface area contributed by atoms with Crippen molar-refractivity contribution >= 4 is 10.9 Å². The van der Waals surface area contributed by atoms with Crippen molar-refractivity contribution in [3.05, 3.63) is 48.3 Å². The normalized spacial score (nSPS) is 11.9. The van der Waals surface area contributed by atoms with Gasteiger partial charge in [0, 0.05) is 17.1 Å². The number of alkyl halides is 3. The van der Waals surface area contributed by atoms with E-state index in [1.165, 1.54) is 0 Å². The zero-order chi connectivity index (χ0) is 13.5. The fourth-order valence-electron chi connectivity index (χ4n) is 2.01. The summed E-state index contributed by atoms with van der Waals surface area (Å²) in [4.78, 5) is 4.15. The average Bonchev–Trinajstić information content (AvgIpc) is 2.87. The zero-order valence-corrected chi connectivity index (χ0v) is 9.57. The SMILES string of the molecule is FC(F)(F)c1cn[nH]c1-c1cccc2cccnc12. The van der Waals surface area contributed by atoms with Crippen LogP contribution >= 0.6 is 0 Å². The molecule has 3 aromatic rings. The van der Waals surface area contributed by atoms with Crippen molar-refractivity contribution in [2.75, 3.05) is 0 Å². The standard InChI is InChI=1S/C13H8F3N3/c14-13(15,16)10-7-18-19-12(10)9-5-1-3-8-4-2-6-17-11(8)9/h1-7H,(H,18,19). The van der Waals surface area contributed by atoms with E-state index in [2.05, 4.69) is 15.2 Å². The fraction of sp³-hybridized carbons (Fsp3) is 0.0769. The first-order valence-corrected chi connectivity index (χ1v) is 5.52. The van der Waals surface area contributed by atoms with E-state index in [0.29, 0.717) is 11.1 Å². The molecule has 0 fully saturated rings. The molecule has 0 atom stereocenters. The number of hydrogen-bond acceptors (Lipinski definition) is 2. The fourth-order valence-corrected chi connectivity index (χ4v) is 2.01. The van der Waals surface area contributed by atoms with Crippen LogP contribution in [-0.2, 0) is 6.18 Å². The van der Waals surface area contributed by atoms with Crippen molar-refractivity contribution in [1.82, 2.24) is 15.2 Å². The lowest BCUT2D eigenvalue weighted by molar-refractivity contribution is -0.137. The molecule has 0 unspecified atom stereocenters. The summed E-state index contributed by atoms with van der Waals surface area (Å²) in [5.74, 6) is 0. The Hall–Kier alpha value is -2.37. The molecule has 1 aromatic carbocycles. The molecule has 3 rings (SSSR count). The summed E-state index contributed by atoms with van der Waals surface area (Å²) in [5.41, 5.74) is 0.0603. The lowest BCUT2D eigenvalue weighted by atomic mass is 10.0. The molecule has 19 heavy (non-hydrogen) atoms. The van der Waals surface area contributed by atoms with Crippen LogP contribution in [0.25, 0.3) is 22.2 Å². The van der Waals surface area contributed by atoms with Gasteiger partial charge in [0.1, 0.15) is 5.56 Å². The molecular weight excluding hydrogens is 255 g/mol. The van der Waals surface area contributed by atoms with Crippen LogP contribution in [0, 0.1) is 0 Å². The second-order valence-corrected chi connectivity index (χ2v) is 4.04. The van der Waals surface area contributed by atoms with E-state index in [1.807, 2.05) is 0 Å². The van der Waals surface area contributed by atoms with E-state index in [0.717, 1.165) is 11.6 Å². The second-order valence-electron chi connectivity index (χ2n) is 4.04. The smallest absolute Gasteiger partial charge is 0.277 e. The first-order chi connectivity index (χ1) is 9.07. The number of H-pyrrole nitrogens is 1. The number of nitrogens with zero attached hydrogens (tertiary/aromatic N) is 2. The van der Waals surface area contributed by atoms with Crippen LogP contribution in [0.5, 0.6) is 0 Å². The number of aromatic nitrogens is 3. The highest BCUT2D eigenvalue weighted by Gasteiger charge is 2.35. The monoisotopic (exact) mass is 263 g/mol. The molecule has 0 amide bonds. The van der Waals surface area contributed by atoms with E-state index >= 15 is 0 Å². The third kappa shape index (κ3) is 1.95. The maximum Gasteiger partial charge on any atom is 0.420 e.